The Kier molecular flexibility index (Phi) is 9.06. The van der Waals surface area contributed by atoms with Gasteiger partial charge in [-0.25, -0.2) is 0 Å². The molecule has 0 aliphatic heterocycles. The molecule has 2 rings (SSSR count). The summed E-state index contributed by atoms with van der Waals surface area (Å²) in [4.78, 5) is 26.3. The molecule has 0 fully saturated rings. The van der Waals surface area contributed by atoms with E-state index in [0.717, 1.165) is 0 Å². The zero-order chi connectivity index (χ0) is 23.7. The first-order valence-corrected chi connectivity index (χ1v) is 9.86. The number of carbonyl (C=O) groups is 2. The van der Waals surface area contributed by atoms with Crippen LogP contribution in [0.4, 0.5) is 14.5 Å². The summed E-state index contributed by atoms with van der Waals surface area (Å²) < 4.78 is 45.3. The third-order valence-corrected chi connectivity index (χ3v) is 4.18. The quantitative estimate of drug-likeness (QED) is 0.558. The molecule has 0 saturated carbocycles. The number of ether oxygens (including phenoxy) is 4. The van der Waals surface area contributed by atoms with Crippen molar-refractivity contribution in [3.05, 3.63) is 42.0 Å². The summed E-state index contributed by atoms with van der Waals surface area (Å²) in [6, 6.07) is 8.79. The van der Waals surface area contributed by atoms with Crippen molar-refractivity contribution < 1.29 is 37.3 Å². The van der Waals surface area contributed by atoms with Gasteiger partial charge in [0, 0.05) is 24.4 Å². The fourth-order valence-corrected chi connectivity index (χ4v) is 2.83. The lowest BCUT2D eigenvalue weighted by Gasteiger charge is -2.18. The number of carbonyl (C=O) groups excluding carboxylic acids is 2. The summed E-state index contributed by atoms with van der Waals surface area (Å²) in [5.41, 5.74) is 0.636. The normalized spacial score (nSPS) is 10.5. The van der Waals surface area contributed by atoms with Gasteiger partial charge in [0.05, 0.1) is 26.9 Å². The van der Waals surface area contributed by atoms with Crippen molar-refractivity contribution in [1.29, 1.82) is 0 Å². The standard InChI is InChI=1S/C22H26F2N2O6/c1-5-30-16-10-8-15(12-19(16)31-6-2)25-20(27)13-26(3)21(28)14-7-9-17(32-22(23)24)18(11-14)29-4/h7-12,22H,5-6,13H2,1-4H3,(H,25,27). The number of hydrogen-bond acceptors (Lipinski definition) is 6. The van der Waals surface area contributed by atoms with Crippen molar-refractivity contribution in [3.63, 3.8) is 0 Å². The Morgan fingerprint density at radius 3 is 2.25 bits per heavy atom. The van der Waals surface area contributed by atoms with E-state index in [9.17, 15) is 18.4 Å². The monoisotopic (exact) mass is 452 g/mol. The number of likely N-dealkylation sites (N-methyl/N-ethyl adjacent to an activating group) is 1. The van der Waals surface area contributed by atoms with Gasteiger partial charge in [0.15, 0.2) is 23.0 Å². The molecule has 2 amide bonds. The first-order valence-electron chi connectivity index (χ1n) is 9.86. The number of halogens is 2. The van der Waals surface area contributed by atoms with Crippen molar-refractivity contribution in [3.8, 4) is 23.0 Å². The predicted octanol–water partition coefficient (Wildman–Crippen LogP) is 3.80. The van der Waals surface area contributed by atoms with Gasteiger partial charge in [0.2, 0.25) is 5.91 Å². The van der Waals surface area contributed by atoms with E-state index in [1.807, 2.05) is 13.8 Å². The molecule has 0 unspecified atom stereocenters. The summed E-state index contributed by atoms with van der Waals surface area (Å²) in [5, 5.41) is 2.70. The first-order chi connectivity index (χ1) is 15.3. The number of anilines is 1. The zero-order valence-corrected chi connectivity index (χ0v) is 18.3. The Morgan fingerprint density at radius 1 is 0.969 bits per heavy atom. The molecule has 0 saturated heterocycles. The minimum atomic E-state index is -3.03. The van der Waals surface area contributed by atoms with E-state index < -0.39 is 18.4 Å². The molecule has 0 atom stereocenters. The predicted molar refractivity (Wildman–Crippen MR) is 114 cm³/mol. The van der Waals surface area contributed by atoms with E-state index in [-0.39, 0.29) is 23.6 Å². The van der Waals surface area contributed by atoms with E-state index in [1.165, 1.54) is 37.3 Å². The van der Waals surface area contributed by atoms with E-state index in [0.29, 0.717) is 30.4 Å². The topological polar surface area (TPSA) is 86.3 Å². The van der Waals surface area contributed by atoms with Crippen LogP contribution >= 0.6 is 0 Å². The number of nitrogens with one attached hydrogen (secondary N) is 1. The Hall–Kier alpha value is -3.56. The maximum Gasteiger partial charge on any atom is 0.387 e. The highest BCUT2D eigenvalue weighted by Gasteiger charge is 2.19. The van der Waals surface area contributed by atoms with Crippen LogP contribution in [0.3, 0.4) is 0 Å². The first kappa shape index (κ1) is 24.7. The lowest BCUT2D eigenvalue weighted by Crippen LogP contribution is -2.34. The molecule has 174 valence electrons. The molecule has 1 N–H and O–H groups in total. The summed E-state index contributed by atoms with van der Waals surface area (Å²) in [6.07, 6.45) is 0. The molecule has 0 bridgehead atoms. The number of methoxy groups -OCH3 is 1. The second kappa shape index (κ2) is 11.7. The molecular weight excluding hydrogens is 426 g/mol. The fourth-order valence-electron chi connectivity index (χ4n) is 2.83. The van der Waals surface area contributed by atoms with E-state index in [1.54, 1.807) is 18.2 Å². The molecular formula is C22H26F2N2O6. The number of rotatable bonds is 11. The number of benzene rings is 2. The average molecular weight is 452 g/mol. The zero-order valence-electron chi connectivity index (χ0n) is 18.3. The van der Waals surface area contributed by atoms with Gasteiger partial charge < -0.3 is 29.2 Å². The lowest BCUT2D eigenvalue weighted by atomic mass is 10.1. The van der Waals surface area contributed by atoms with Crippen LogP contribution in [-0.4, -0.2) is 57.2 Å². The highest BCUT2D eigenvalue weighted by molar-refractivity contribution is 5.99. The summed E-state index contributed by atoms with van der Waals surface area (Å²) >= 11 is 0. The van der Waals surface area contributed by atoms with Crippen molar-refractivity contribution in [1.82, 2.24) is 4.90 Å². The van der Waals surface area contributed by atoms with Crippen molar-refractivity contribution >= 4 is 17.5 Å². The molecule has 0 radical (unpaired) electrons. The van der Waals surface area contributed by atoms with E-state index in [2.05, 4.69) is 10.1 Å². The summed E-state index contributed by atoms with van der Waals surface area (Å²) in [6.45, 7) is 1.32. The minimum absolute atomic E-state index is 0.0214. The number of amides is 2. The van der Waals surface area contributed by atoms with Crippen molar-refractivity contribution in [2.24, 2.45) is 0 Å². The smallest absolute Gasteiger partial charge is 0.387 e. The van der Waals surface area contributed by atoms with Crippen molar-refractivity contribution in [2.45, 2.75) is 20.5 Å². The number of alkyl halides is 2. The SMILES string of the molecule is CCOc1ccc(NC(=O)CN(C)C(=O)c2ccc(OC(F)F)c(OC)c2)cc1OCC. The average Bonchev–Trinajstić information content (AvgIpc) is 2.75. The molecule has 10 heteroatoms. The van der Waals surface area contributed by atoms with Crippen LogP contribution in [0.5, 0.6) is 23.0 Å². The van der Waals surface area contributed by atoms with Gasteiger partial charge in [-0.1, -0.05) is 0 Å². The van der Waals surface area contributed by atoms with Gasteiger partial charge in [-0.15, -0.1) is 0 Å². The van der Waals surface area contributed by atoms with Gasteiger partial charge in [-0.05, 0) is 44.2 Å². The molecule has 0 spiro atoms. The second-order valence-corrected chi connectivity index (χ2v) is 6.48. The van der Waals surface area contributed by atoms with Crippen molar-refractivity contribution in [2.75, 3.05) is 39.2 Å². The van der Waals surface area contributed by atoms with E-state index >= 15 is 0 Å². The molecule has 8 nitrogen and oxygen atoms in total. The maximum absolute atomic E-state index is 12.7. The highest BCUT2D eigenvalue weighted by atomic mass is 19.3. The highest BCUT2D eigenvalue weighted by Crippen LogP contribution is 2.31. The number of nitrogens with zero attached hydrogens (tertiary/aromatic N) is 1. The molecule has 2 aromatic carbocycles. The van der Waals surface area contributed by atoms with Gasteiger partial charge in [-0.2, -0.15) is 8.78 Å². The molecule has 32 heavy (non-hydrogen) atoms. The van der Waals surface area contributed by atoms with Gasteiger partial charge in [0.1, 0.15) is 0 Å². The lowest BCUT2D eigenvalue weighted by molar-refractivity contribution is -0.116. The van der Waals surface area contributed by atoms with Crippen LogP contribution in [0.1, 0.15) is 24.2 Å². The van der Waals surface area contributed by atoms with Crippen LogP contribution in [0.2, 0.25) is 0 Å². The molecule has 2 aromatic rings. The van der Waals surface area contributed by atoms with Crippen LogP contribution in [0.25, 0.3) is 0 Å². The molecule has 0 heterocycles. The van der Waals surface area contributed by atoms with Gasteiger partial charge >= 0.3 is 6.61 Å². The fraction of sp³-hybridized carbons (Fsp3) is 0.364. The molecule has 0 aliphatic carbocycles. The van der Waals surface area contributed by atoms with Crippen LogP contribution in [0, 0.1) is 0 Å². The maximum atomic E-state index is 12.7. The molecule has 0 aliphatic rings. The summed E-state index contributed by atoms with van der Waals surface area (Å²) in [5.74, 6) is -0.0876. The molecule has 0 aromatic heterocycles. The third-order valence-electron chi connectivity index (χ3n) is 4.18. The largest absolute Gasteiger partial charge is 0.493 e. The Balaban J connectivity index is 2.06. The van der Waals surface area contributed by atoms with Gasteiger partial charge in [-0.3, -0.25) is 9.59 Å². The second-order valence-electron chi connectivity index (χ2n) is 6.48. The number of hydrogen-bond donors (Lipinski definition) is 1. The van der Waals surface area contributed by atoms with Crippen LogP contribution < -0.4 is 24.3 Å². The van der Waals surface area contributed by atoms with E-state index in [4.69, 9.17) is 14.2 Å². The minimum Gasteiger partial charge on any atom is -0.493 e. The Bertz CT molecular complexity index is 939. The third kappa shape index (κ3) is 6.73. The van der Waals surface area contributed by atoms with Gasteiger partial charge in [0.25, 0.3) is 5.91 Å². The van der Waals surface area contributed by atoms with Crippen LogP contribution in [0.15, 0.2) is 36.4 Å². The Morgan fingerprint density at radius 2 is 1.62 bits per heavy atom. The Labute approximate surface area is 185 Å². The summed E-state index contributed by atoms with van der Waals surface area (Å²) in [7, 11) is 2.72. The van der Waals surface area contributed by atoms with Crippen LogP contribution in [-0.2, 0) is 4.79 Å².